The summed E-state index contributed by atoms with van der Waals surface area (Å²) in [6.07, 6.45) is 20.6. The summed E-state index contributed by atoms with van der Waals surface area (Å²) < 4.78 is 0. The van der Waals surface area contributed by atoms with E-state index in [-0.39, 0.29) is 0 Å². The molecule has 0 saturated heterocycles. The molecule has 0 amide bonds. The third kappa shape index (κ3) is 18.9. The Balaban J connectivity index is 2.92. The zero-order valence-corrected chi connectivity index (χ0v) is 17.2. The summed E-state index contributed by atoms with van der Waals surface area (Å²) in [4.78, 5) is 0. The molecule has 0 aliphatic heterocycles. The van der Waals surface area contributed by atoms with Gasteiger partial charge in [0.15, 0.2) is 0 Å². The van der Waals surface area contributed by atoms with Crippen molar-refractivity contribution in [2.75, 3.05) is 5.75 Å². The van der Waals surface area contributed by atoms with Gasteiger partial charge in [-0.25, -0.2) is 0 Å². The van der Waals surface area contributed by atoms with Crippen molar-refractivity contribution in [2.45, 2.75) is 108 Å². The second kappa shape index (κ2) is 18.0. The van der Waals surface area contributed by atoms with Crippen LogP contribution in [0.3, 0.4) is 0 Å². The quantitative estimate of drug-likeness (QED) is 0.203. The fraction of sp³-hybridized carbons (Fsp3) is 1.00. The zero-order chi connectivity index (χ0) is 14.9. The van der Waals surface area contributed by atoms with Crippen molar-refractivity contribution >= 4 is 23.5 Å². The molecule has 0 unspecified atom stereocenters. The van der Waals surface area contributed by atoms with Crippen LogP contribution in [0.1, 0.15) is 96.8 Å². The summed E-state index contributed by atoms with van der Waals surface area (Å²) in [6.45, 7) is 2.30. The molecule has 0 bridgehead atoms. The molecule has 122 valence electrons. The van der Waals surface area contributed by atoms with E-state index in [0.29, 0.717) is 0 Å². The van der Waals surface area contributed by atoms with Crippen molar-refractivity contribution in [3.8, 4) is 0 Å². The minimum absolute atomic E-state index is 0.403. The first kappa shape index (κ1) is 20.9. The molecular weight excluding hydrogens is 323 g/mol. The molecule has 0 fully saturated rings. The molecule has 0 N–H and O–H groups in total. The Morgan fingerprint density at radius 1 is 0.550 bits per heavy atom. The van der Waals surface area contributed by atoms with Crippen LogP contribution < -0.4 is 0 Å². The fourth-order valence-corrected chi connectivity index (χ4v) is 6.35. The van der Waals surface area contributed by atoms with E-state index >= 15 is 0 Å². The Kier molecular flexibility index (Phi) is 18.8. The van der Waals surface area contributed by atoms with Gasteiger partial charge >= 0.3 is 105 Å². The molecule has 0 spiro atoms. The Bertz CT molecular complexity index is 171. The van der Waals surface area contributed by atoms with Gasteiger partial charge in [0.1, 0.15) is 0 Å². The molecule has 0 nitrogen and oxygen atoms in total. The van der Waals surface area contributed by atoms with Crippen LogP contribution in [0.15, 0.2) is 0 Å². The van der Waals surface area contributed by atoms with Crippen LogP contribution in [0.2, 0.25) is 11.4 Å². The normalized spacial score (nSPS) is 11.4. The Hall–Kier alpha value is 0.908. The third-order valence-electron chi connectivity index (χ3n) is 3.85. The van der Waals surface area contributed by atoms with Gasteiger partial charge in [-0.15, -0.1) is 0 Å². The van der Waals surface area contributed by atoms with Crippen LogP contribution in [-0.2, 0) is 0 Å². The summed E-state index contributed by atoms with van der Waals surface area (Å²) in [7, 11) is 2.26. The van der Waals surface area contributed by atoms with Crippen molar-refractivity contribution in [1.29, 1.82) is 0 Å². The van der Waals surface area contributed by atoms with Crippen LogP contribution in [-0.4, -0.2) is 19.2 Å². The number of hydrogen-bond donors (Lipinski definition) is 0. The minimum atomic E-state index is -0.403. The van der Waals surface area contributed by atoms with Gasteiger partial charge in [-0.1, -0.05) is 32.6 Å². The molecule has 0 aliphatic carbocycles. The summed E-state index contributed by atoms with van der Waals surface area (Å²) >= 11 is -0.403. The maximum absolute atomic E-state index is 2.45. The fourth-order valence-electron chi connectivity index (χ4n) is 2.54. The van der Waals surface area contributed by atoms with Crippen LogP contribution in [0, 0.1) is 0 Å². The van der Waals surface area contributed by atoms with Crippen LogP contribution in [0.5, 0.6) is 0 Å². The van der Waals surface area contributed by atoms with Gasteiger partial charge in [0, 0.05) is 0 Å². The molecule has 0 radical (unpaired) electrons. The average Bonchev–Trinajstić information content (AvgIpc) is 2.43. The predicted octanol–water partition coefficient (Wildman–Crippen LogP) is 7.45. The Morgan fingerprint density at radius 2 is 0.900 bits per heavy atom. The SMILES string of the molecule is CCCCCCCCCCCCCCCCS[As](C)C. The molecule has 2 heteroatoms. The second-order valence-electron chi connectivity index (χ2n) is 6.24. The van der Waals surface area contributed by atoms with Gasteiger partial charge in [-0.2, -0.15) is 0 Å². The third-order valence-corrected chi connectivity index (χ3v) is 9.23. The van der Waals surface area contributed by atoms with Gasteiger partial charge in [-0.05, 0) is 0 Å². The molecule has 0 saturated carbocycles. The predicted molar refractivity (Wildman–Crippen MR) is 100 cm³/mol. The van der Waals surface area contributed by atoms with Gasteiger partial charge in [0.05, 0.1) is 0 Å². The summed E-state index contributed by atoms with van der Waals surface area (Å²) in [5.41, 5.74) is 4.89. The maximum atomic E-state index is 2.45. The first-order valence-electron chi connectivity index (χ1n) is 9.07. The Morgan fingerprint density at radius 3 is 1.25 bits per heavy atom. The number of unbranched alkanes of at least 4 members (excludes halogenated alkanes) is 13. The summed E-state index contributed by atoms with van der Waals surface area (Å²) in [5.74, 6) is 1.44. The molecule has 0 aliphatic rings. The molecule has 0 heterocycles. The van der Waals surface area contributed by atoms with Crippen molar-refractivity contribution in [1.82, 2.24) is 0 Å². The molecule has 0 aromatic heterocycles. The van der Waals surface area contributed by atoms with Crippen molar-refractivity contribution in [3.63, 3.8) is 0 Å². The zero-order valence-electron chi connectivity index (χ0n) is 14.5. The molecule has 20 heavy (non-hydrogen) atoms. The van der Waals surface area contributed by atoms with Crippen molar-refractivity contribution < 1.29 is 0 Å². The first-order valence-corrected chi connectivity index (χ1v) is 16.1. The van der Waals surface area contributed by atoms with E-state index in [4.69, 9.17) is 0 Å². The van der Waals surface area contributed by atoms with Gasteiger partial charge in [0.2, 0.25) is 0 Å². The number of rotatable bonds is 16. The molecule has 0 atom stereocenters. The Labute approximate surface area is 137 Å². The average molecular weight is 362 g/mol. The van der Waals surface area contributed by atoms with Gasteiger partial charge in [-0.3, -0.25) is 0 Å². The monoisotopic (exact) mass is 362 g/mol. The van der Waals surface area contributed by atoms with E-state index in [9.17, 15) is 0 Å². The topological polar surface area (TPSA) is 0 Å². The molecule has 0 rings (SSSR count). The van der Waals surface area contributed by atoms with E-state index in [2.05, 4.69) is 28.4 Å². The van der Waals surface area contributed by atoms with Crippen molar-refractivity contribution in [3.05, 3.63) is 0 Å². The molecule has 0 aromatic rings. The van der Waals surface area contributed by atoms with Crippen LogP contribution in [0.4, 0.5) is 0 Å². The first-order chi connectivity index (χ1) is 9.77. The van der Waals surface area contributed by atoms with Gasteiger partial charge in [0.25, 0.3) is 0 Å². The van der Waals surface area contributed by atoms with E-state index in [1.54, 1.807) is 0 Å². The van der Waals surface area contributed by atoms with Crippen LogP contribution in [0.25, 0.3) is 0 Å². The van der Waals surface area contributed by atoms with E-state index in [0.717, 1.165) is 0 Å². The van der Waals surface area contributed by atoms with E-state index < -0.39 is 13.5 Å². The van der Waals surface area contributed by atoms with E-state index in [1.807, 2.05) is 0 Å². The van der Waals surface area contributed by atoms with Gasteiger partial charge < -0.3 is 0 Å². The van der Waals surface area contributed by atoms with Crippen molar-refractivity contribution in [2.24, 2.45) is 0 Å². The second-order valence-corrected chi connectivity index (χ2v) is 15.7. The number of hydrogen-bond acceptors (Lipinski definition) is 1. The standard InChI is InChI=1S/C18H39AsS/c1-4-5-6-7-8-9-10-11-12-13-14-15-16-17-18-20-19(2)3/h4-18H2,1-3H3. The molecule has 0 aromatic carbocycles. The summed E-state index contributed by atoms with van der Waals surface area (Å²) in [5, 5.41) is 0. The van der Waals surface area contributed by atoms with E-state index in [1.165, 1.54) is 95.6 Å². The summed E-state index contributed by atoms with van der Waals surface area (Å²) in [6, 6.07) is 0. The van der Waals surface area contributed by atoms with Crippen LogP contribution >= 0.6 is 10.0 Å². The molecular formula is C18H39AsS.